The van der Waals surface area contributed by atoms with Gasteiger partial charge in [0.05, 0.1) is 43.4 Å². The Balaban J connectivity index is 1.75. The van der Waals surface area contributed by atoms with Crippen LogP contribution in [0.5, 0.6) is 0 Å². The standard InChI is InChI=1S/C23H17Cl4N3O/c1-23(14-7-3-2-4-8-14)13-30(22(31)28-18-12-6-11-17(25)20(18)27)29-21(23)15-9-5-10-16(24)19(15)26/h2-12H,13H2,1H3,(H,28,31). The third-order valence-corrected chi connectivity index (χ3v) is 6.89. The maximum absolute atomic E-state index is 13.1. The molecule has 1 N–H and O–H groups in total. The van der Waals surface area contributed by atoms with Gasteiger partial charge in [0.2, 0.25) is 0 Å². The van der Waals surface area contributed by atoms with Crippen LogP contribution in [0.2, 0.25) is 20.1 Å². The summed E-state index contributed by atoms with van der Waals surface area (Å²) in [5, 5.41) is 10.2. The van der Waals surface area contributed by atoms with Crippen LogP contribution in [0.3, 0.4) is 0 Å². The molecule has 1 heterocycles. The van der Waals surface area contributed by atoms with Crippen molar-refractivity contribution in [3.63, 3.8) is 0 Å². The van der Waals surface area contributed by atoms with E-state index in [4.69, 9.17) is 46.4 Å². The normalized spacial score (nSPS) is 18.1. The fourth-order valence-corrected chi connectivity index (χ4v) is 4.35. The first-order valence-electron chi connectivity index (χ1n) is 9.43. The van der Waals surface area contributed by atoms with Gasteiger partial charge in [0.1, 0.15) is 0 Å². The topological polar surface area (TPSA) is 44.7 Å². The van der Waals surface area contributed by atoms with Gasteiger partial charge in [0.25, 0.3) is 0 Å². The van der Waals surface area contributed by atoms with Gasteiger partial charge in [-0.3, -0.25) is 0 Å². The van der Waals surface area contributed by atoms with Gasteiger partial charge < -0.3 is 5.32 Å². The molecular weight excluding hydrogens is 476 g/mol. The van der Waals surface area contributed by atoms with Crippen LogP contribution in [0.4, 0.5) is 10.5 Å². The van der Waals surface area contributed by atoms with Crippen LogP contribution in [-0.4, -0.2) is 23.3 Å². The van der Waals surface area contributed by atoms with Gasteiger partial charge in [0, 0.05) is 5.56 Å². The summed E-state index contributed by atoms with van der Waals surface area (Å²) < 4.78 is 0. The number of hydrogen-bond donors (Lipinski definition) is 1. The van der Waals surface area contributed by atoms with Gasteiger partial charge in [-0.05, 0) is 30.7 Å². The number of hydrazone groups is 1. The van der Waals surface area contributed by atoms with Gasteiger partial charge in [-0.2, -0.15) is 5.10 Å². The molecule has 4 rings (SSSR count). The Morgan fingerprint density at radius 3 is 2.26 bits per heavy atom. The lowest BCUT2D eigenvalue weighted by Crippen LogP contribution is -2.39. The van der Waals surface area contributed by atoms with Crippen LogP contribution < -0.4 is 5.32 Å². The second-order valence-corrected chi connectivity index (χ2v) is 8.91. The molecule has 0 aliphatic carbocycles. The molecule has 0 saturated carbocycles. The second kappa shape index (κ2) is 8.71. The Morgan fingerprint density at radius 1 is 0.903 bits per heavy atom. The van der Waals surface area contributed by atoms with E-state index in [1.54, 1.807) is 24.3 Å². The van der Waals surface area contributed by atoms with Crippen molar-refractivity contribution in [1.29, 1.82) is 0 Å². The Bertz CT molecular complexity index is 1180. The Morgan fingerprint density at radius 2 is 1.55 bits per heavy atom. The molecule has 1 aliphatic rings. The van der Waals surface area contributed by atoms with Crippen LogP contribution in [0.1, 0.15) is 18.1 Å². The van der Waals surface area contributed by atoms with Gasteiger partial charge in [-0.25, -0.2) is 9.80 Å². The zero-order valence-corrected chi connectivity index (χ0v) is 19.4. The zero-order chi connectivity index (χ0) is 22.2. The van der Waals surface area contributed by atoms with E-state index < -0.39 is 11.4 Å². The fourth-order valence-electron chi connectivity index (χ4n) is 3.61. The molecule has 0 bridgehead atoms. The highest BCUT2D eigenvalue weighted by atomic mass is 35.5. The van der Waals surface area contributed by atoms with Crippen LogP contribution in [0, 0.1) is 0 Å². The van der Waals surface area contributed by atoms with Crippen molar-refractivity contribution in [2.45, 2.75) is 12.3 Å². The summed E-state index contributed by atoms with van der Waals surface area (Å²) in [6, 6.07) is 19.8. The average Bonchev–Trinajstić information content (AvgIpc) is 3.13. The summed E-state index contributed by atoms with van der Waals surface area (Å²) >= 11 is 25.1. The molecule has 31 heavy (non-hydrogen) atoms. The van der Waals surface area contributed by atoms with Crippen molar-refractivity contribution in [3.05, 3.63) is 97.9 Å². The molecule has 0 radical (unpaired) electrons. The van der Waals surface area contributed by atoms with Crippen molar-refractivity contribution >= 4 is 63.8 Å². The summed E-state index contributed by atoms with van der Waals surface area (Å²) in [6.45, 7) is 2.33. The van der Waals surface area contributed by atoms with Gasteiger partial charge >= 0.3 is 6.03 Å². The number of halogens is 4. The molecule has 4 nitrogen and oxygen atoms in total. The largest absolute Gasteiger partial charge is 0.342 e. The lowest BCUT2D eigenvalue weighted by Gasteiger charge is -2.27. The van der Waals surface area contributed by atoms with Gasteiger partial charge in [-0.1, -0.05) is 94.9 Å². The lowest BCUT2D eigenvalue weighted by atomic mass is 9.76. The molecular formula is C23H17Cl4N3O. The Hall–Kier alpha value is -2.24. The molecule has 0 saturated heterocycles. The molecule has 8 heteroatoms. The number of hydrogen-bond acceptors (Lipinski definition) is 2. The molecule has 1 atom stereocenters. The molecule has 2 amide bonds. The predicted octanol–water partition coefficient (Wildman–Crippen LogP) is 7.51. The molecule has 158 valence electrons. The highest BCUT2D eigenvalue weighted by Gasteiger charge is 2.43. The van der Waals surface area contributed by atoms with E-state index in [-0.39, 0.29) is 5.02 Å². The molecule has 1 unspecified atom stereocenters. The summed E-state index contributed by atoms with van der Waals surface area (Å²) in [5.74, 6) is 0. The predicted molar refractivity (Wildman–Crippen MR) is 129 cm³/mol. The van der Waals surface area contributed by atoms with E-state index in [1.165, 1.54) is 5.01 Å². The second-order valence-electron chi connectivity index (χ2n) is 7.34. The van der Waals surface area contributed by atoms with Crippen molar-refractivity contribution in [3.8, 4) is 0 Å². The van der Waals surface area contributed by atoms with Crippen LogP contribution >= 0.6 is 46.4 Å². The Kier molecular flexibility index (Phi) is 6.18. The number of carbonyl (C=O) groups excluding carboxylic acids is 1. The molecule has 3 aromatic carbocycles. The number of rotatable bonds is 3. The van der Waals surface area contributed by atoms with Crippen molar-refractivity contribution in [2.24, 2.45) is 5.10 Å². The number of carbonyl (C=O) groups is 1. The zero-order valence-electron chi connectivity index (χ0n) is 16.4. The molecule has 3 aromatic rings. The van der Waals surface area contributed by atoms with E-state index in [1.807, 2.05) is 49.4 Å². The third kappa shape index (κ3) is 4.13. The van der Waals surface area contributed by atoms with E-state index >= 15 is 0 Å². The van der Waals surface area contributed by atoms with Gasteiger partial charge in [-0.15, -0.1) is 0 Å². The average molecular weight is 493 g/mol. The monoisotopic (exact) mass is 491 g/mol. The van der Waals surface area contributed by atoms with Crippen LogP contribution in [0.15, 0.2) is 71.8 Å². The Labute approximate surface area is 200 Å². The van der Waals surface area contributed by atoms with Crippen molar-refractivity contribution in [2.75, 3.05) is 11.9 Å². The number of benzene rings is 3. The number of nitrogens with one attached hydrogen (secondary N) is 1. The highest BCUT2D eigenvalue weighted by molar-refractivity contribution is 6.44. The highest BCUT2D eigenvalue weighted by Crippen LogP contribution is 2.39. The number of urea groups is 1. The van der Waals surface area contributed by atoms with Crippen molar-refractivity contribution in [1.82, 2.24) is 5.01 Å². The van der Waals surface area contributed by atoms with Crippen LogP contribution in [-0.2, 0) is 5.41 Å². The number of nitrogens with zero attached hydrogens (tertiary/aromatic N) is 2. The first-order chi connectivity index (χ1) is 14.8. The smallest absolute Gasteiger partial charge is 0.305 e. The maximum atomic E-state index is 13.1. The van der Waals surface area contributed by atoms with E-state index in [0.29, 0.717) is 38.6 Å². The minimum Gasteiger partial charge on any atom is -0.305 e. The molecule has 0 aromatic heterocycles. The van der Waals surface area contributed by atoms with Crippen molar-refractivity contribution < 1.29 is 4.79 Å². The van der Waals surface area contributed by atoms with Gasteiger partial charge in [0.15, 0.2) is 0 Å². The maximum Gasteiger partial charge on any atom is 0.342 e. The number of amides is 2. The van der Waals surface area contributed by atoms with E-state index in [0.717, 1.165) is 5.56 Å². The summed E-state index contributed by atoms with van der Waals surface area (Å²) in [5.41, 5.74) is 2.13. The first kappa shape index (κ1) is 22.0. The lowest BCUT2D eigenvalue weighted by molar-refractivity contribution is 0.214. The quantitative estimate of drug-likeness (QED) is 0.403. The van der Waals surface area contributed by atoms with Crippen LogP contribution in [0.25, 0.3) is 0 Å². The summed E-state index contributed by atoms with van der Waals surface area (Å²) in [4.78, 5) is 13.1. The minimum atomic E-state index is -0.606. The first-order valence-corrected chi connectivity index (χ1v) is 10.9. The third-order valence-electron chi connectivity index (χ3n) is 5.25. The van der Waals surface area contributed by atoms with E-state index in [2.05, 4.69) is 10.4 Å². The summed E-state index contributed by atoms with van der Waals surface area (Å²) in [7, 11) is 0. The van der Waals surface area contributed by atoms with E-state index in [9.17, 15) is 4.79 Å². The SMILES string of the molecule is CC1(c2ccccc2)CN(C(=O)Nc2cccc(Cl)c2Cl)N=C1c1cccc(Cl)c1Cl. The fraction of sp³-hybridized carbons (Fsp3) is 0.130. The molecule has 0 spiro atoms. The molecule has 0 fully saturated rings. The summed E-state index contributed by atoms with van der Waals surface area (Å²) in [6.07, 6.45) is 0. The number of anilines is 1. The molecule has 1 aliphatic heterocycles. The minimum absolute atomic E-state index is 0.268.